The summed E-state index contributed by atoms with van der Waals surface area (Å²) in [4.78, 5) is 14.7. The van der Waals surface area contributed by atoms with Crippen LogP contribution in [0.4, 0.5) is 4.39 Å². The van der Waals surface area contributed by atoms with Crippen LogP contribution in [-0.4, -0.2) is 51.3 Å². The van der Waals surface area contributed by atoms with Gasteiger partial charge in [-0.15, -0.1) is 0 Å². The number of benzene rings is 2. The van der Waals surface area contributed by atoms with Crippen molar-refractivity contribution >= 4 is 16.0 Å². The lowest BCUT2D eigenvalue weighted by atomic mass is 10.1. The number of halogens is 1. The molecule has 2 aromatic rings. The van der Waals surface area contributed by atoms with E-state index in [2.05, 4.69) is 0 Å². The molecule has 31 heavy (non-hydrogen) atoms. The molecule has 168 valence electrons. The largest absolute Gasteiger partial charge is 0.493 e. The first-order valence-electron chi connectivity index (χ1n) is 10.1. The zero-order valence-corrected chi connectivity index (χ0v) is 18.4. The van der Waals surface area contributed by atoms with Gasteiger partial charge in [-0.05, 0) is 55.7 Å². The van der Waals surface area contributed by atoms with Crippen LogP contribution in [0.1, 0.15) is 35.7 Å². The van der Waals surface area contributed by atoms with Crippen LogP contribution < -0.4 is 8.92 Å². The summed E-state index contributed by atoms with van der Waals surface area (Å²) in [7, 11) is -2.34. The van der Waals surface area contributed by atoms with Crippen molar-refractivity contribution in [1.82, 2.24) is 4.90 Å². The van der Waals surface area contributed by atoms with Gasteiger partial charge in [-0.2, -0.15) is 8.42 Å². The molecule has 1 aliphatic rings. The molecular weight excluding hydrogens is 425 g/mol. The first-order chi connectivity index (χ1) is 14.8. The Kier molecular flexibility index (Phi) is 7.50. The van der Waals surface area contributed by atoms with Gasteiger partial charge in [-0.25, -0.2) is 4.39 Å². The molecule has 0 aliphatic carbocycles. The number of carbonyl (C=O) groups excluding carboxylic acids is 1. The molecule has 0 N–H and O–H groups in total. The fourth-order valence-corrected chi connectivity index (χ4v) is 3.88. The van der Waals surface area contributed by atoms with E-state index in [1.165, 1.54) is 38.3 Å². The van der Waals surface area contributed by atoms with Crippen molar-refractivity contribution in [2.45, 2.75) is 32.4 Å². The summed E-state index contributed by atoms with van der Waals surface area (Å²) in [5.41, 5.74) is 0.876. The van der Waals surface area contributed by atoms with E-state index in [1.807, 2.05) is 0 Å². The van der Waals surface area contributed by atoms with Crippen molar-refractivity contribution < 1.29 is 31.3 Å². The number of carbonyl (C=O) groups is 1. The van der Waals surface area contributed by atoms with E-state index in [0.717, 1.165) is 12.8 Å². The maximum atomic E-state index is 13.7. The first kappa shape index (κ1) is 23.0. The van der Waals surface area contributed by atoms with Crippen LogP contribution in [0.2, 0.25) is 0 Å². The van der Waals surface area contributed by atoms with E-state index >= 15 is 0 Å². The van der Waals surface area contributed by atoms with Crippen LogP contribution in [0.15, 0.2) is 42.5 Å². The van der Waals surface area contributed by atoms with Crippen molar-refractivity contribution in [2.75, 3.05) is 26.0 Å². The quantitative estimate of drug-likeness (QED) is 0.544. The fraction of sp³-hybridized carbons (Fsp3) is 0.409. The van der Waals surface area contributed by atoms with Gasteiger partial charge in [0.1, 0.15) is 5.82 Å². The van der Waals surface area contributed by atoms with Crippen molar-refractivity contribution in [3.63, 3.8) is 0 Å². The third-order valence-corrected chi connectivity index (χ3v) is 6.12. The normalized spacial score (nSPS) is 16.2. The van der Waals surface area contributed by atoms with Crippen LogP contribution in [0.5, 0.6) is 11.5 Å². The van der Waals surface area contributed by atoms with Crippen LogP contribution in [0.25, 0.3) is 0 Å². The minimum atomic E-state index is -3.76. The Bertz CT molecular complexity index is 1020. The summed E-state index contributed by atoms with van der Waals surface area (Å²) in [6, 6.07) is 10.4. The second kappa shape index (κ2) is 10.1. The van der Waals surface area contributed by atoms with Crippen molar-refractivity contribution in [2.24, 2.45) is 0 Å². The maximum absolute atomic E-state index is 13.7. The average molecular weight is 452 g/mol. The molecule has 2 aromatic carbocycles. The molecule has 1 aliphatic heterocycles. The molecule has 0 bridgehead atoms. The number of ether oxygens (including phenoxy) is 2. The van der Waals surface area contributed by atoms with Crippen molar-refractivity contribution in [3.05, 3.63) is 59.4 Å². The Hall–Kier alpha value is -2.65. The lowest BCUT2D eigenvalue weighted by molar-refractivity contribution is 0.0507. The third-order valence-electron chi connectivity index (χ3n) is 4.98. The standard InChI is InChI=1S/C22H26FNO6S/c1-3-31(26,27)30-21-12-16(9-10-20(21)28-2)14-24(15-19-8-5-11-29-19)22(25)17-6-4-7-18(23)13-17/h4,6-7,9-10,12-13,19H,3,5,8,11,14-15H2,1-2H3. The molecule has 0 radical (unpaired) electrons. The molecule has 1 atom stereocenters. The smallest absolute Gasteiger partial charge is 0.309 e. The highest BCUT2D eigenvalue weighted by Gasteiger charge is 2.25. The second-order valence-corrected chi connectivity index (χ2v) is 9.11. The summed E-state index contributed by atoms with van der Waals surface area (Å²) in [5, 5.41) is 0. The minimum absolute atomic E-state index is 0.0529. The lowest BCUT2D eigenvalue weighted by Gasteiger charge is -2.26. The lowest BCUT2D eigenvalue weighted by Crippen LogP contribution is -2.37. The molecule has 1 amide bonds. The zero-order chi connectivity index (χ0) is 22.4. The monoisotopic (exact) mass is 451 g/mol. The number of methoxy groups -OCH3 is 1. The molecule has 1 unspecified atom stereocenters. The highest BCUT2D eigenvalue weighted by molar-refractivity contribution is 7.87. The van der Waals surface area contributed by atoms with E-state index in [1.54, 1.807) is 23.1 Å². The van der Waals surface area contributed by atoms with Gasteiger partial charge < -0.3 is 18.6 Å². The first-order valence-corrected chi connectivity index (χ1v) is 11.6. The van der Waals surface area contributed by atoms with Gasteiger partial charge in [0.2, 0.25) is 0 Å². The highest BCUT2D eigenvalue weighted by Crippen LogP contribution is 2.30. The average Bonchev–Trinajstić information content (AvgIpc) is 3.26. The molecule has 7 nitrogen and oxygen atoms in total. The van der Waals surface area contributed by atoms with E-state index in [-0.39, 0.29) is 41.4 Å². The Morgan fingerprint density at radius 2 is 2.03 bits per heavy atom. The van der Waals surface area contributed by atoms with Gasteiger partial charge in [-0.3, -0.25) is 4.79 Å². The molecule has 0 saturated carbocycles. The van der Waals surface area contributed by atoms with Crippen LogP contribution in [0, 0.1) is 5.82 Å². The Labute approximate surface area is 181 Å². The molecule has 1 saturated heterocycles. The summed E-state index contributed by atoms with van der Waals surface area (Å²) in [6.45, 7) is 2.63. The van der Waals surface area contributed by atoms with E-state index in [0.29, 0.717) is 18.7 Å². The molecule has 0 spiro atoms. The van der Waals surface area contributed by atoms with E-state index in [4.69, 9.17) is 13.7 Å². The summed E-state index contributed by atoms with van der Waals surface area (Å²) >= 11 is 0. The number of nitrogens with zero attached hydrogens (tertiary/aromatic N) is 1. The Morgan fingerprint density at radius 3 is 2.68 bits per heavy atom. The molecule has 1 fully saturated rings. The Morgan fingerprint density at radius 1 is 1.23 bits per heavy atom. The third kappa shape index (κ3) is 6.18. The number of hydrogen-bond donors (Lipinski definition) is 0. The maximum Gasteiger partial charge on any atom is 0.309 e. The predicted molar refractivity (Wildman–Crippen MR) is 113 cm³/mol. The summed E-state index contributed by atoms with van der Waals surface area (Å²) in [6.07, 6.45) is 1.65. The second-order valence-electron chi connectivity index (χ2n) is 7.25. The van der Waals surface area contributed by atoms with Gasteiger partial charge in [0.15, 0.2) is 11.5 Å². The minimum Gasteiger partial charge on any atom is -0.493 e. The molecule has 1 heterocycles. The number of amides is 1. The van der Waals surface area contributed by atoms with Crippen LogP contribution >= 0.6 is 0 Å². The van der Waals surface area contributed by atoms with Crippen molar-refractivity contribution in [1.29, 1.82) is 0 Å². The van der Waals surface area contributed by atoms with Crippen molar-refractivity contribution in [3.8, 4) is 11.5 Å². The molecule has 3 rings (SSSR count). The molecular formula is C22H26FNO6S. The SMILES string of the molecule is CCS(=O)(=O)Oc1cc(CN(CC2CCCO2)C(=O)c2cccc(F)c2)ccc1OC. The van der Waals surface area contributed by atoms with Gasteiger partial charge in [-0.1, -0.05) is 12.1 Å². The van der Waals surface area contributed by atoms with Gasteiger partial charge >= 0.3 is 10.1 Å². The number of rotatable bonds is 9. The fourth-order valence-electron chi connectivity index (χ4n) is 3.36. The van der Waals surface area contributed by atoms with Gasteiger partial charge in [0, 0.05) is 25.3 Å². The van der Waals surface area contributed by atoms with Gasteiger partial charge in [0.05, 0.1) is 19.0 Å². The number of hydrogen-bond acceptors (Lipinski definition) is 6. The molecule has 0 aromatic heterocycles. The summed E-state index contributed by atoms with van der Waals surface area (Å²) in [5.74, 6) is -0.703. The van der Waals surface area contributed by atoms with Crippen LogP contribution in [0.3, 0.4) is 0 Å². The Balaban J connectivity index is 1.88. The highest BCUT2D eigenvalue weighted by atomic mass is 32.2. The summed E-state index contributed by atoms with van der Waals surface area (Å²) < 4.78 is 53.6. The van der Waals surface area contributed by atoms with Crippen LogP contribution in [-0.2, 0) is 21.4 Å². The predicted octanol–water partition coefficient (Wildman–Crippen LogP) is 3.38. The van der Waals surface area contributed by atoms with Gasteiger partial charge in [0.25, 0.3) is 5.91 Å². The molecule has 9 heteroatoms. The zero-order valence-electron chi connectivity index (χ0n) is 17.5. The van der Waals surface area contributed by atoms with E-state index in [9.17, 15) is 17.6 Å². The van der Waals surface area contributed by atoms with E-state index < -0.39 is 15.9 Å². The topological polar surface area (TPSA) is 82.1 Å².